The number of rotatable bonds is 3. The highest BCUT2D eigenvalue weighted by Crippen LogP contribution is 1.87. The molecule has 0 spiro atoms. The molecule has 3 nitrogen and oxygen atoms in total. The second-order valence-corrected chi connectivity index (χ2v) is 2.18. The van der Waals surface area contributed by atoms with Crippen molar-refractivity contribution in [3.8, 4) is 11.8 Å². The molecule has 2 atom stereocenters. The first kappa shape index (κ1) is 10.4. The molecule has 0 aromatic heterocycles. The maximum absolute atomic E-state index is 8.77. The Balaban J connectivity index is 3.53. The third kappa shape index (κ3) is 7.34. The van der Waals surface area contributed by atoms with Crippen LogP contribution in [0.2, 0.25) is 0 Å². The van der Waals surface area contributed by atoms with Gasteiger partial charge >= 0.3 is 0 Å². The Bertz CT molecular complexity index is 143. The van der Waals surface area contributed by atoms with E-state index in [-0.39, 0.29) is 12.9 Å². The van der Waals surface area contributed by atoms with E-state index in [1.165, 1.54) is 0 Å². The van der Waals surface area contributed by atoms with Crippen molar-refractivity contribution in [2.75, 3.05) is 13.9 Å². The smallest absolute Gasteiger partial charge is 0.148 e. The molecule has 0 aliphatic carbocycles. The molecule has 11 heavy (non-hydrogen) atoms. The first-order chi connectivity index (χ1) is 5.16. The number of aliphatic hydroxyl groups excluding tert-OH is 1. The Kier molecular flexibility index (Phi) is 5.86. The molecular formula is C8H14O3. The number of hydrogen-bond donors (Lipinski definition) is 1. The molecule has 3 heteroatoms. The van der Waals surface area contributed by atoms with Gasteiger partial charge in [-0.2, -0.15) is 0 Å². The topological polar surface area (TPSA) is 38.7 Å². The summed E-state index contributed by atoms with van der Waals surface area (Å²) in [5, 5.41) is 8.77. The molecule has 0 aromatic rings. The number of hydrogen-bond acceptors (Lipinski definition) is 3. The van der Waals surface area contributed by atoms with Gasteiger partial charge in [0.1, 0.15) is 19.0 Å². The highest BCUT2D eigenvalue weighted by atomic mass is 16.7. The standard InChI is InChI=1S/C8H14O3/c1-7(9)4-5-8(2)11-6-10-3/h7-9H,6H2,1-3H3. The third-order valence-corrected chi connectivity index (χ3v) is 0.931. The van der Waals surface area contributed by atoms with E-state index >= 15 is 0 Å². The van der Waals surface area contributed by atoms with E-state index in [2.05, 4.69) is 16.6 Å². The third-order valence-electron chi connectivity index (χ3n) is 0.931. The molecular weight excluding hydrogens is 144 g/mol. The van der Waals surface area contributed by atoms with Crippen molar-refractivity contribution in [1.29, 1.82) is 0 Å². The van der Waals surface area contributed by atoms with Gasteiger partial charge in [0.15, 0.2) is 0 Å². The zero-order valence-electron chi connectivity index (χ0n) is 7.13. The molecule has 2 unspecified atom stereocenters. The maximum Gasteiger partial charge on any atom is 0.148 e. The van der Waals surface area contributed by atoms with E-state index in [4.69, 9.17) is 9.84 Å². The van der Waals surface area contributed by atoms with E-state index in [0.717, 1.165) is 0 Å². The molecule has 0 aliphatic heterocycles. The molecule has 0 aromatic carbocycles. The second-order valence-electron chi connectivity index (χ2n) is 2.18. The zero-order chi connectivity index (χ0) is 8.69. The van der Waals surface area contributed by atoms with Crippen LogP contribution in [0.5, 0.6) is 0 Å². The lowest BCUT2D eigenvalue weighted by atomic mass is 10.3. The molecule has 0 rings (SSSR count). The van der Waals surface area contributed by atoms with Gasteiger partial charge in [-0.05, 0) is 13.8 Å². The van der Waals surface area contributed by atoms with Crippen LogP contribution in [0, 0.1) is 11.8 Å². The summed E-state index contributed by atoms with van der Waals surface area (Å²) >= 11 is 0. The normalized spacial score (nSPS) is 14.9. The lowest BCUT2D eigenvalue weighted by Crippen LogP contribution is -2.08. The van der Waals surface area contributed by atoms with Crippen LogP contribution in [-0.4, -0.2) is 31.2 Å². The Morgan fingerprint density at radius 1 is 1.36 bits per heavy atom. The van der Waals surface area contributed by atoms with Gasteiger partial charge in [-0.1, -0.05) is 11.8 Å². The first-order valence-electron chi connectivity index (χ1n) is 3.46. The molecule has 0 radical (unpaired) electrons. The van der Waals surface area contributed by atoms with Crippen molar-refractivity contribution in [3.05, 3.63) is 0 Å². The van der Waals surface area contributed by atoms with Crippen molar-refractivity contribution < 1.29 is 14.6 Å². The van der Waals surface area contributed by atoms with E-state index in [9.17, 15) is 0 Å². The second kappa shape index (κ2) is 6.17. The molecule has 0 amide bonds. The van der Waals surface area contributed by atoms with Gasteiger partial charge in [-0.25, -0.2) is 0 Å². The fraction of sp³-hybridized carbons (Fsp3) is 0.750. The average Bonchev–Trinajstić information content (AvgIpc) is 1.97. The quantitative estimate of drug-likeness (QED) is 0.476. The van der Waals surface area contributed by atoms with Gasteiger partial charge in [0.25, 0.3) is 0 Å². The molecule has 0 saturated carbocycles. The summed E-state index contributed by atoms with van der Waals surface area (Å²) < 4.78 is 9.70. The van der Waals surface area contributed by atoms with Gasteiger partial charge in [0, 0.05) is 7.11 Å². The van der Waals surface area contributed by atoms with Crippen molar-refractivity contribution in [1.82, 2.24) is 0 Å². The number of aliphatic hydroxyl groups is 1. The molecule has 0 fully saturated rings. The summed E-state index contributed by atoms with van der Waals surface area (Å²) in [4.78, 5) is 0. The minimum absolute atomic E-state index is 0.190. The number of ether oxygens (including phenoxy) is 2. The van der Waals surface area contributed by atoms with Crippen molar-refractivity contribution in [3.63, 3.8) is 0 Å². The van der Waals surface area contributed by atoms with Gasteiger partial charge < -0.3 is 14.6 Å². The summed E-state index contributed by atoms with van der Waals surface area (Å²) in [5.74, 6) is 5.29. The van der Waals surface area contributed by atoms with Crippen LogP contribution in [0.15, 0.2) is 0 Å². The highest BCUT2D eigenvalue weighted by Gasteiger charge is 1.94. The molecule has 64 valence electrons. The van der Waals surface area contributed by atoms with Gasteiger partial charge in [-0.15, -0.1) is 0 Å². The minimum Gasteiger partial charge on any atom is -0.381 e. The molecule has 0 bridgehead atoms. The van der Waals surface area contributed by atoms with Crippen LogP contribution in [0.1, 0.15) is 13.8 Å². The van der Waals surface area contributed by atoms with Crippen LogP contribution in [-0.2, 0) is 9.47 Å². The SMILES string of the molecule is COCOC(C)C#CC(C)O. The van der Waals surface area contributed by atoms with Crippen LogP contribution in [0.4, 0.5) is 0 Å². The van der Waals surface area contributed by atoms with Crippen LogP contribution in [0.3, 0.4) is 0 Å². The zero-order valence-corrected chi connectivity index (χ0v) is 7.13. The predicted molar refractivity (Wildman–Crippen MR) is 41.9 cm³/mol. The predicted octanol–water partition coefficient (Wildman–Crippen LogP) is 0.380. The Morgan fingerprint density at radius 3 is 2.45 bits per heavy atom. The van der Waals surface area contributed by atoms with E-state index < -0.39 is 6.10 Å². The lowest BCUT2D eigenvalue weighted by Gasteiger charge is -2.04. The average molecular weight is 158 g/mol. The van der Waals surface area contributed by atoms with Gasteiger partial charge in [0.05, 0.1) is 0 Å². The lowest BCUT2D eigenvalue weighted by molar-refractivity contribution is -0.0466. The van der Waals surface area contributed by atoms with Crippen molar-refractivity contribution >= 4 is 0 Å². The summed E-state index contributed by atoms with van der Waals surface area (Å²) in [6.45, 7) is 3.64. The highest BCUT2D eigenvalue weighted by molar-refractivity contribution is 5.06. The monoisotopic (exact) mass is 158 g/mol. The fourth-order valence-corrected chi connectivity index (χ4v) is 0.450. The van der Waals surface area contributed by atoms with E-state index in [0.29, 0.717) is 0 Å². The van der Waals surface area contributed by atoms with Crippen molar-refractivity contribution in [2.24, 2.45) is 0 Å². The first-order valence-corrected chi connectivity index (χ1v) is 3.46. The fourth-order valence-electron chi connectivity index (χ4n) is 0.450. The summed E-state index contributed by atoms with van der Waals surface area (Å²) in [5.41, 5.74) is 0. The summed E-state index contributed by atoms with van der Waals surface area (Å²) in [6.07, 6.45) is -0.784. The minimum atomic E-state index is -0.594. The summed E-state index contributed by atoms with van der Waals surface area (Å²) in [6, 6.07) is 0. The van der Waals surface area contributed by atoms with Crippen LogP contribution >= 0.6 is 0 Å². The van der Waals surface area contributed by atoms with Crippen LogP contribution < -0.4 is 0 Å². The maximum atomic E-state index is 8.77. The van der Waals surface area contributed by atoms with Crippen LogP contribution in [0.25, 0.3) is 0 Å². The molecule has 0 heterocycles. The summed E-state index contributed by atoms with van der Waals surface area (Å²) in [7, 11) is 1.55. The van der Waals surface area contributed by atoms with E-state index in [1.807, 2.05) is 0 Å². The largest absolute Gasteiger partial charge is 0.381 e. The molecule has 0 saturated heterocycles. The van der Waals surface area contributed by atoms with E-state index in [1.54, 1.807) is 21.0 Å². The van der Waals surface area contributed by atoms with Gasteiger partial charge in [-0.3, -0.25) is 0 Å². The number of methoxy groups -OCH3 is 1. The Hall–Kier alpha value is -0.560. The van der Waals surface area contributed by atoms with Gasteiger partial charge in [0.2, 0.25) is 0 Å². The Labute approximate surface area is 67.3 Å². The molecule has 1 N–H and O–H groups in total. The van der Waals surface area contributed by atoms with Crippen molar-refractivity contribution in [2.45, 2.75) is 26.1 Å². The molecule has 0 aliphatic rings. The Morgan fingerprint density at radius 2 is 2.00 bits per heavy atom.